The van der Waals surface area contributed by atoms with Gasteiger partial charge in [-0.3, -0.25) is 9.59 Å². The Balaban J connectivity index is 1.22. The van der Waals surface area contributed by atoms with Gasteiger partial charge in [0.1, 0.15) is 0 Å². The highest BCUT2D eigenvalue weighted by Gasteiger charge is 2.34. The molecule has 3 heterocycles. The predicted molar refractivity (Wildman–Crippen MR) is 112 cm³/mol. The molecule has 1 atom stereocenters. The highest BCUT2D eigenvalue weighted by molar-refractivity contribution is 7.14. The van der Waals surface area contributed by atoms with Crippen LogP contribution in [0.25, 0.3) is 11.3 Å². The second kappa shape index (κ2) is 7.79. The van der Waals surface area contributed by atoms with E-state index in [-0.39, 0.29) is 30.9 Å². The highest BCUT2D eigenvalue weighted by Crippen LogP contribution is 2.36. The molecular formula is C22H19N3O4S. The highest BCUT2D eigenvalue weighted by atomic mass is 32.1. The molecule has 2 aromatic carbocycles. The van der Waals surface area contributed by atoms with Crippen molar-refractivity contribution in [2.75, 3.05) is 18.7 Å². The van der Waals surface area contributed by atoms with Crippen LogP contribution in [0.3, 0.4) is 0 Å². The number of aromatic nitrogens is 1. The Hall–Kier alpha value is -3.39. The molecule has 30 heavy (non-hydrogen) atoms. The molecular weight excluding hydrogens is 402 g/mol. The molecule has 2 aliphatic rings. The van der Waals surface area contributed by atoms with Crippen molar-refractivity contribution in [2.24, 2.45) is 5.92 Å². The largest absolute Gasteiger partial charge is 0.454 e. The van der Waals surface area contributed by atoms with E-state index in [9.17, 15) is 9.59 Å². The smallest absolute Gasteiger partial charge is 0.231 e. The summed E-state index contributed by atoms with van der Waals surface area (Å²) >= 11 is 1.36. The van der Waals surface area contributed by atoms with Crippen LogP contribution in [0.5, 0.6) is 11.5 Å². The molecule has 1 saturated heterocycles. The minimum Gasteiger partial charge on any atom is -0.454 e. The zero-order valence-corrected chi connectivity index (χ0v) is 16.9. The third-order valence-corrected chi connectivity index (χ3v) is 5.96. The fraction of sp³-hybridized carbons (Fsp3) is 0.227. The number of hydrogen-bond acceptors (Lipinski definition) is 6. The van der Waals surface area contributed by atoms with E-state index < -0.39 is 0 Å². The number of nitrogens with one attached hydrogen (secondary N) is 1. The zero-order chi connectivity index (χ0) is 20.5. The van der Waals surface area contributed by atoms with Crippen LogP contribution in [0.15, 0.2) is 53.9 Å². The number of hydrogen-bond donors (Lipinski definition) is 1. The van der Waals surface area contributed by atoms with Crippen molar-refractivity contribution in [1.29, 1.82) is 0 Å². The third-order valence-electron chi connectivity index (χ3n) is 5.20. The summed E-state index contributed by atoms with van der Waals surface area (Å²) in [6.07, 6.45) is 0.221. The first-order valence-electron chi connectivity index (χ1n) is 9.64. The van der Waals surface area contributed by atoms with Crippen molar-refractivity contribution in [2.45, 2.75) is 13.0 Å². The quantitative estimate of drug-likeness (QED) is 0.682. The molecule has 5 rings (SSSR count). The lowest BCUT2D eigenvalue weighted by Gasteiger charge is -2.16. The average Bonchev–Trinajstić information content (AvgIpc) is 3.49. The molecule has 1 aromatic heterocycles. The summed E-state index contributed by atoms with van der Waals surface area (Å²) in [5, 5.41) is 5.26. The summed E-state index contributed by atoms with van der Waals surface area (Å²) in [7, 11) is 0. The van der Waals surface area contributed by atoms with E-state index in [0.717, 1.165) is 16.8 Å². The van der Waals surface area contributed by atoms with E-state index in [1.54, 1.807) is 4.90 Å². The van der Waals surface area contributed by atoms with Crippen molar-refractivity contribution in [3.05, 3.63) is 59.5 Å². The third kappa shape index (κ3) is 3.73. The molecule has 2 amide bonds. The van der Waals surface area contributed by atoms with Gasteiger partial charge in [-0.2, -0.15) is 0 Å². The van der Waals surface area contributed by atoms with Gasteiger partial charge in [0.05, 0.1) is 11.6 Å². The number of thiazole rings is 1. The Morgan fingerprint density at radius 3 is 2.87 bits per heavy atom. The Kier molecular flexibility index (Phi) is 4.84. The maximum atomic E-state index is 12.7. The second-order valence-electron chi connectivity index (χ2n) is 7.26. The van der Waals surface area contributed by atoms with E-state index in [1.165, 1.54) is 11.3 Å². The number of carbonyl (C=O) groups excluding carboxylic acids is 2. The minimum absolute atomic E-state index is 0.000749. The predicted octanol–water partition coefficient (Wildman–Crippen LogP) is 3.53. The fourth-order valence-corrected chi connectivity index (χ4v) is 4.35. The van der Waals surface area contributed by atoms with Crippen molar-refractivity contribution in [3.63, 3.8) is 0 Å². The molecule has 1 fully saturated rings. The first-order valence-corrected chi connectivity index (χ1v) is 10.5. The van der Waals surface area contributed by atoms with Crippen LogP contribution >= 0.6 is 11.3 Å². The Morgan fingerprint density at radius 1 is 1.17 bits per heavy atom. The first kappa shape index (κ1) is 18.6. The van der Waals surface area contributed by atoms with Crippen LogP contribution < -0.4 is 14.8 Å². The maximum Gasteiger partial charge on any atom is 0.231 e. The summed E-state index contributed by atoms with van der Waals surface area (Å²) in [5.41, 5.74) is 2.70. The lowest BCUT2D eigenvalue weighted by molar-refractivity contribution is -0.128. The second-order valence-corrected chi connectivity index (χ2v) is 8.11. The van der Waals surface area contributed by atoms with Crippen molar-refractivity contribution < 1.29 is 19.1 Å². The van der Waals surface area contributed by atoms with E-state index in [0.29, 0.717) is 29.7 Å². The molecule has 0 aliphatic carbocycles. The number of nitrogens with zero attached hydrogens (tertiary/aromatic N) is 2. The van der Waals surface area contributed by atoms with E-state index >= 15 is 0 Å². The van der Waals surface area contributed by atoms with Crippen molar-refractivity contribution in [3.8, 4) is 22.8 Å². The van der Waals surface area contributed by atoms with Gasteiger partial charge < -0.3 is 19.7 Å². The van der Waals surface area contributed by atoms with Gasteiger partial charge in [-0.05, 0) is 23.8 Å². The summed E-state index contributed by atoms with van der Waals surface area (Å²) < 4.78 is 10.7. The monoisotopic (exact) mass is 421 g/mol. The van der Waals surface area contributed by atoms with Gasteiger partial charge in [0.2, 0.25) is 18.6 Å². The number of anilines is 1. The van der Waals surface area contributed by atoms with Crippen LogP contribution in [0, 0.1) is 5.92 Å². The standard InChI is InChI=1S/C22H19N3O4S/c26-20-9-16(11-25(20)10-14-4-2-1-3-5-14)21(27)24-22-23-17(12-30-22)15-6-7-18-19(8-15)29-13-28-18/h1-8,12,16H,9-11,13H2,(H,23,24,27). The van der Waals surface area contributed by atoms with Gasteiger partial charge in [-0.25, -0.2) is 4.98 Å². The average molecular weight is 421 g/mol. The number of benzene rings is 2. The molecule has 3 aromatic rings. The van der Waals surface area contributed by atoms with Gasteiger partial charge in [0.25, 0.3) is 0 Å². The summed E-state index contributed by atoms with van der Waals surface area (Å²) in [6.45, 7) is 1.16. The van der Waals surface area contributed by atoms with Gasteiger partial charge >= 0.3 is 0 Å². The van der Waals surface area contributed by atoms with E-state index in [2.05, 4.69) is 10.3 Å². The van der Waals surface area contributed by atoms with Gasteiger partial charge in [0.15, 0.2) is 16.6 Å². The topological polar surface area (TPSA) is 80.8 Å². The summed E-state index contributed by atoms with van der Waals surface area (Å²) in [5.74, 6) is 0.853. The van der Waals surface area contributed by atoms with Crippen LogP contribution in [-0.2, 0) is 16.1 Å². The number of carbonyl (C=O) groups is 2. The number of likely N-dealkylation sites (tertiary alicyclic amines) is 1. The molecule has 8 heteroatoms. The minimum atomic E-state index is -0.376. The number of rotatable bonds is 5. The first-order chi connectivity index (χ1) is 14.7. The number of amides is 2. The SMILES string of the molecule is O=C(Nc1nc(-c2ccc3c(c2)OCO3)cs1)C1CC(=O)N(Cc2ccccc2)C1. The van der Waals surface area contributed by atoms with Crippen LogP contribution in [-0.4, -0.2) is 35.0 Å². The number of ether oxygens (including phenoxy) is 2. The molecule has 0 bridgehead atoms. The van der Waals surface area contributed by atoms with Crippen LogP contribution in [0.4, 0.5) is 5.13 Å². The molecule has 2 aliphatic heterocycles. The van der Waals surface area contributed by atoms with Crippen molar-refractivity contribution >= 4 is 28.3 Å². The fourth-order valence-electron chi connectivity index (χ4n) is 3.63. The van der Waals surface area contributed by atoms with Gasteiger partial charge in [-0.15, -0.1) is 11.3 Å². The molecule has 0 saturated carbocycles. The van der Waals surface area contributed by atoms with E-state index in [4.69, 9.17) is 9.47 Å². The Bertz CT molecular complexity index is 1100. The molecule has 1 N–H and O–H groups in total. The molecule has 0 spiro atoms. The number of fused-ring (bicyclic) bond motifs is 1. The maximum absolute atomic E-state index is 12.7. The van der Waals surface area contributed by atoms with Crippen molar-refractivity contribution in [1.82, 2.24) is 9.88 Å². The Morgan fingerprint density at radius 2 is 2.00 bits per heavy atom. The normalized spacial score (nSPS) is 17.4. The molecule has 1 unspecified atom stereocenters. The van der Waals surface area contributed by atoms with Gasteiger partial charge in [-0.1, -0.05) is 30.3 Å². The lowest BCUT2D eigenvalue weighted by Crippen LogP contribution is -2.28. The summed E-state index contributed by atoms with van der Waals surface area (Å²) in [6, 6.07) is 15.4. The summed E-state index contributed by atoms with van der Waals surface area (Å²) in [4.78, 5) is 31.3. The molecule has 0 radical (unpaired) electrons. The Labute approximate surface area is 177 Å². The van der Waals surface area contributed by atoms with E-state index in [1.807, 2.05) is 53.9 Å². The van der Waals surface area contributed by atoms with Gasteiger partial charge in [0, 0.05) is 30.5 Å². The van der Waals surface area contributed by atoms with Crippen LogP contribution in [0.2, 0.25) is 0 Å². The molecule has 152 valence electrons. The molecule has 7 nitrogen and oxygen atoms in total. The lowest BCUT2D eigenvalue weighted by atomic mass is 10.1. The van der Waals surface area contributed by atoms with Crippen LogP contribution in [0.1, 0.15) is 12.0 Å². The zero-order valence-electron chi connectivity index (χ0n) is 16.0.